The van der Waals surface area contributed by atoms with Crippen LogP contribution in [-0.4, -0.2) is 49.4 Å². The van der Waals surface area contributed by atoms with Gasteiger partial charge in [0.1, 0.15) is 11.8 Å². The van der Waals surface area contributed by atoms with Gasteiger partial charge >= 0.3 is 6.18 Å². The fourth-order valence-electron chi connectivity index (χ4n) is 5.54. The number of hydrogen-bond donors (Lipinski definition) is 0. The van der Waals surface area contributed by atoms with E-state index in [1.807, 2.05) is 6.92 Å². The van der Waals surface area contributed by atoms with Gasteiger partial charge in [-0.25, -0.2) is 24.3 Å². The standard InChI is InChI=1S/C24H19F4N5O2/c1-12-3-4-15(18(32-12)20-29-5-2-6-30-20)22(34)33-11-14-8-23(14)9-17(19(23)33)35-21-16(25)7-13(10-31-21)24(26,27)28/h2-7,10,14,17,19H,8-9,11H2,1H3. The average molecular weight is 485 g/mol. The molecule has 4 atom stereocenters. The van der Waals surface area contributed by atoms with Crippen LogP contribution in [0.4, 0.5) is 17.6 Å². The van der Waals surface area contributed by atoms with Gasteiger partial charge in [-0.1, -0.05) is 0 Å². The van der Waals surface area contributed by atoms with E-state index in [2.05, 4.69) is 19.9 Å². The third kappa shape index (κ3) is 3.43. The number of amides is 1. The van der Waals surface area contributed by atoms with Crippen LogP contribution in [0, 0.1) is 24.1 Å². The van der Waals surface area contributed by atoms with E-state index < -0.39 is 29.5 Å². The second kappa shape index (κ2) is 7.43. The van der Waals surface area contributed by atoms with Crippen LogP contribution in [-0.2, 0) is 6.18 Å². The van der Waals surface area contributed by atoms with Gasteiger partial charge < -0.3 is 9.64 Å². The highest BCUT2D eigenvalue weighted by molar-refractivity contribution is 6.00. The van der Waals surface area contributed by atoms with Gasteiger partial charge in [0, 0.05) is 36.2 Å². The van der Waals surface area contributed by atoms with Crippen LogP contribution in [0.25, 0.3) is 11.5 Å². The minimum atomic E-state index is -4.70. The molecule has 180 valence electrons. The number of hydrogen-bond acceptors (Lipinski definition) is 6. The summed E-state index contributed by atoms with van der Waals surface area (Å²) in [5, 5.41) is 0. The summed E-state index contributed by atoms with van der Waals surface area (Å²) in [5.41, 5.74) is 0.151. The molecule has 11 heteroatoms. The van der Waals surface area contributed by atoms with Gasteiger partial charge in [-0.05, 0) is 49.9 Å². The quantitative estimate of drug-likeness (QED) is 0.518. The number of ether oxygens (including phenoxy) is 1. The summed E-state index contributed by atoms with van der Waals surface area (Å²) in [5.74, 6) is -1.29. The van der Waals surface area contributed by atoms with E-state index in [1.165, 1.54) is 0 Å². The molecular weight excluding hydrogens is 466 g/mol. The summed E-state index contributed by atoms with van der Waals surface area (Å²) in [6, 6.07) is 5.15. The fourth-order valence-corrected chi connectivity index (χ4v) is 5.54. The predicted molar refractivity (Wildman–Crippen MR) is 114 cm³/mol. The lowest BCUT2D eigenvalue weighted by atomic mass is 9.73. The molecule has 3 aliphatic rings. The Kier molecular flexibility index (Phi) is 4.64. The lowest BCUT2D eigenvalue weighted by molar-refractivity contribution is -0.138. The molecule has 3 fully saturated rings. The molecule has 7 nitrogen and oxygen atoms in total. The number of alkyl halides is 3. The van der Waals surface area contributed by atoms with Crippen molar-refractivity contribution in [2.45, 2.75) is 38.1 Å². The first-order chi connectivity index (χ1) is 16.7. The van der Waals surface area contributed by atoms with E-state index in [4.69, 9.17) is 4.74 Å². The van der Waals surface area contributed by atoms with Crippen molar-refractivity contribution >= 4 is 5.91 Å². The molecule has 1 spiro atoms. The molecule has 0 bridgehead atoms. The number of aromatic nitrogens is 4. The Morgan fingerprint density at radius 1 is 1.17 bits per heavy atom. The van der Waals surface area contributed by atoms with Crippen LogP contribution in [0.15, 0.2) is 42.9 Å². The zero-order chi connectivity index (χ0) is 24.5. The Bertz CT molecular complexity index is 1340. The molecule has 6 rings (SSSR count). The molecule has 1 amide bonds. The largest absolute Gasteiger partial charge is 0.470 e. The maximum atomic E-state index is 14.4. The van der Waals surface area contributed by atoms with Gasteiger partial charge in [-0.3, -0.25) is 4.79 Å². The Hall–Kier alpha value is -3.63. The van der Waals surface area contributed by atoms with Crippen LogP contribution >= 0.6 is 0 Å². The molecule has 4 unspecified atom stereocenters. The minimum Gasteiger partial charge on any atom is -0.470 e. The predicted octanol–water partition coefficient (Wildman–Crippen LogP) is 4.08. The number of halogens is 4. The lowest BCUT2D eigenvalue weighted by Crippen LogP contribution is -2.59. The van der Waals surface area contributed by atoms with E-state index in [0.29, 0.717) is 53.9 Å². The normalized spacial score (nSPS) is 26.5. The van der Waals surface area contributed by atoms with Gasteiger partial charge in [0.25, 0.3) is 11.8 Å². The summed E-state index contributed by atoms with van der Waals surface area (Å²) in [6.45, 7) is 2.33. The van der Waals surface area contributed by atoms with Crippen molar-refractivity contribution in [2.75, 3.05) is 6.54 Å². The number of piperidine rings is 1. The van der Waals surface area contributed by atoms with Crippen molar-refractivity contribution in [1.82, 2.24) is 24.8 Å². The van der Waals surface area contributed by atoms with E-state index in [0.717, 1.165) is 6.42 Å². The van der Waals surface area contributed by atoms with E-state index >= 15 is 0 Å². The first-order valence-corrected chi connectivity index (χ1v) is 11.1. The molecule has 3 aromatic heterocycles. The summed E-state index contributed by atoms with van der Waals surface area (Å²) in [4.78, 5) is 31.9. The lowest BCUT2D eigenvalue weighted by Gasteiger charge is -2.47. The van der Waals surface area contributed by atoms with Crippen LogP contribution in [0.2, 0.25) is 0 Å². The number of rotatable bonds is 4. The number of nitrogens with zero attached hydrogens (tertiary/aromatic N) is 5. The smallest absolute Gasteiger partial charge is 0.417 e. The Morgan fingerprint density at radius 3 is 2.66 bits per heavy atom. The fraction of sp³-hybridized carbons (Fsp3) is 0.375. The van der Waals surface area contributed by atoms with Gasteiger partial charge in [-0.15, -0.1) is 0 Å². The highest BCUT2D eigenvalue weighted by Gasteiger charge is 2.76. The summed E-state index contributed by atoms with van der Waals surface area (Å²) < 4.78 is 58.6. The second-order valence-electron chi connectivity index (χ2n) is 9.33. The van der Waals surface area contributed by atoms with E-state index in [-0.39, 0.29) is 17.4 Å². The summed E-state index contributed by atoms with van der Waals surface area (Å²) in [7, 11) is 0. The van der Waals surface area contributed by atoms with Crippen molar-refractivity contribution < 1.29 is 27.1 Å². The first kappa shape index (κ1) is 21.9. The molecule has 35 heavy (non-hydrogen) atoms. The van der Waals surface area contributed by atoms with Crippen LogP contribution in [0.3, 0.4) is 0 Å². The topological polar surface area (TPSA) is 81.1 Å². The number of likely N-dealkylation sites (tertiary alicyclic amines) is 1. The second-order valence-corrected chi connectivity index (χ2v) is 9.33. The highest BCUT2D eigenvalue weighted by atomic mass is 19.4. The van der Waals surface area contributed by atoms with Crippen molar-refractivity contribution in [3.63, 3.8) is 0 Å². The third-order valence-electron chi connectivity index (χ3n) is 7.26. The average Bonchev–Trinajstić information content (AvgIpc) is 3.48. The molecule has 2 aliphatic carbocycles. The number of pyridine rings is 2. The van der Waals surface area contributed by atoms with Crippen molar-refractivity contribution in [3.8, 4) is 17.4 Å². The number of aryl methyl sites for hydroxylation is 1. The molecule has 3 aromatic rings. The van der Waals surface area contributed by atoms with Crippen LogP contribution in [0.1, 0.15) is 34.5 Å². The van der Waals surface area contributed by atoms with Crippen LogP contribution < -0.4 is 4.74 Å². The molecule has 1 saturated heterocycles. The molecule has 1 aliphatic heterocycles. The van der Waals surface area contributed by atoms with Gasteiger partial charge in [0.2, 0.25) is 0 Å². The molecule has 0 aromatic carbocycles. The van der Waals surface area contributed by atoms with Gasteiger partial charge in [-0.2, -0.15) is 13.2 Å². The maximum absolute atomic E-state index is 14.4. The summed E-state index contributed by atoms with van der Waals surface area (Å²) in [6.07, 6.45) is -0.0519. The molecule has 0 radical (unpaired) electrons. The Balaban J connectivity index is 1.28. The Labute approximate surface area is 197 Å². The summed E-state index contributed by atoms with van der Waals surface area (Å²) >= 11 is 0. The molecule has 0 N–H and O–H groups in total. The minimum absolute atomic E-state index is 0.0930. The highest BCUT2D eigenvalue weighted by Crippen LogP contribution is 2.71. The zero-order valence-corrected chi connectivity index (χ0v) is 18.5. The SMILES string of the molecule is Cc1ccc(C(=O)N2CC3CC34CC(Oc3ncc(C(F)(F)F)cc3F)C24)c(-c2ncccn2)n1. The molecular formula is C24H19F4N5O2. The zero-order valence-electron chi connectivity index (χ0n) is 18.5. The van der Waals surface area contributed by atoms with Gasteiger partial charge in [0.15, 0.2) is 11.6 Å². The molecule has 4 heterocycles. The molecule has 2 saturated carbocycles. The first-order valence-electron chi connectivity index (χ1n) is 11.1. The van der Waals surface area contributed by atoms with Crippen LogP contribution in [0.5, 0.6) is 5.88 Å². The maximum Gasteiger partial charge on any atom is 0.417 e. The van der Waals surface area contributed by atoms with Gasteiger partial charge in [0.05, 0.1) is 17.2 Å². The van der Waals surface area contributed by atoms with E-state index in [9.17, 15) is 22.4 Å². The monoisotopic (exact) mass is 485 g/mol. The van der Waals surface area contributed by atoms with Crippen molar-refractivity contribution in [3.05, 3.63) is 65.5 Å². The number of carbonyl (C=O) groups is 1. The van der Waals surface area contributed by atoms with Crippen molar-refractivity contribution in [1.29, 1.82) is 0 Å². The van der Waals surface area contributed by atoms with Crippen molar-refractivity contribution in [2.24, 2.45) is 11.3 Å². The third-order valence-corrected chi connectivity index (χ3v) is 7.26. The number of carbonyl (C=O) groups excluding carboxylic acids is 1. The Morgan fingerprint density at radius 2 is 1.94 bits per heavy atom. The van der Waals surface area contributed by atoms with E-state index in [1.54, 1.807) is 35.5 Å².